The standard InChI is InChI=1S/C14H17NO3/c1-4-14(17)18-13-9-12(15(5-2)6-3)8-7-11(13)10-16/h4,7-10H,1,5-6H2,2-3H3. The van der Waals surface area contributed by atoms with Gasteiger partial charge >= 0.3 is 5.97 Å². The van der Waals surface area contributed by atoms with E-state index in [1.54, 1.807) is 12.1 Å². The summed E-state index contributed by atoms with van der Waals surface area (Å²) in [5, 5.41) is 0. The van der Waals surface area contributed by atoms with Crippen molar-refractivity contribution < 1.29 is 14.3 Å². The maximum atomic E-state index is 11.2. The molecule has 1 aromatic rings. The number of aldehydes is 1. The Morgan fingerprint density at radius 1 is 1.39 bits per heavy atom. The van der Waals surface area contributed by atoms with E-state index >= 15 is 0 Å². The van der Waals surface area contributed by atoms with Gasteiger partial charge < -0.3 is 9.64 Å². The minimum Gasteiger partial charge on any atom is -0.423 e. The van der Waals surface area contributed by atoms with E-state index < -0.39 is 5.97 Å². The molecule has 0 aliphatic heterocycles. The lowest BCUT2D eigenvalue weighted by atomic mass is 10.2. The largest absolute Gasteiger partial charge is 0.423 e. The van der Waals surface area contributed by atoms with Crippen molar-refractivity contribution >= 4 is 17.9 Å². The molecule has 0 bridgehead atoms. The van der Waals surface area contributed by atoms with Crippen molar-refractivity contribution in [3.05, 3.63) is 36.4 Å². The highest BCUT2D eigenvalue weighted by atomic mass is 16.5. The fourth-order valence-electron chi connectivity index (χ4n) is 1.64. The Balaban J connectivity index is 3.12. The lowest BCUT2D eigenvalue weighted by Gasteiger charge is -2.21. The van der Waals surface area contributed by atoms with Gasteiger partial charge in [-0.25, -0.2) is 4.79 Å². The lowest BCUT2D eigenvalue weighted by Crippen LogP contribution is -2.22. The molecule has 0 saturated heterocycles. The second-order valence-electron chi connectivity index (χ2n) is 3.64. The van der Waals surface area contributed by atoms with E-state index in [4.69, 9.17) is 4.74 Å². The van der Waals surface area contributed by atoms with Gasteiger partial charge in [-0.2, -0.15) is 0 Å². The van der Waals surface area contributed by atoms with E-state index in [9.17, 15) is 9.59 Å². The average Bonchev–Trinajstić information content (AvgIpc) is 2.40. The number of anilines is 1. The number of nitrogens with zero attached hydrogens (tertiary/aromatic N) is 1. The highest BCUT2D eigenvalue weighted by molar-refractivity contribution is 5.87. The summed E-state index contributed by atoms with van der Waals surface area (Å²) in [6, 6.07) is 5.17. The molecule has 0 radical (unpaired) electrons. The average molecular weight is 247 g/mol. The number of esters is 1. The van der Waals surface area contributed by atoms with Crippen molar-refractivity contribution in [1.29, 1.82) is 0 Å². The summed E-state index contributed by atoms with van der Waals surface area (Å²) in [5.41, 5.74) is 1.26. The Bertz CT molecular complexity index is 450. The SMILES string of the molecule is C=CC(=O)Oc1cc(N(CC)CC)ccc1C=O. The normalized spacial score (nSPS) is 9.67. The Kier molecular flexibility index (Phi) is 5.11. The van der Waals surface area contributed by atoms with Crippen molar-refractivity contribution in [2.75, 3.05) is 18.0 Å². The number of hydrogen-bond donors (Lipinski definition) is 0. The van der Waals surface area contributed by atoms with Crippen LogP contribution in [-0.4, -0.2) is 25.3 Å². The quantitative estimate of drug-likeness (QED) is 0.335. The molecule has 0 aromatic heterocycles. The maximum absolute atomic E-state index is 11.2. The third kappa shape index (κ3) is 3.20. The zero-order valence-electron chi connectivity index (χ0n) is 10.7. The smallest absolute Gasteiger partial charge is 0.335 e. The lowest BCUT2D eigenvalue weighted by molar-refractivity contribution is -0.128. The van der Waals surface area contributed by atoms with Crippen LogP contribution in [0.15, 0.2) is 30.9 Å². The molecular weight excluding hydrogens is 230 g/mol. The molecule has 4 heteroatoms. The first-order valence-corrected chi connectivity index (χ1v) is 5.84. The van der Waals surface area contributed by atoms with Gasteiger partial charge in [0.25, 0.3) is 0 Å². The zero-order valence-corrected chi connectivity index (χ0v) is 10.7. The highest BCUT2D eigenvalue weighted by Gasteiger charge is 2.10. The molecule has 0 heterocycles. The maximum Gasteiger partial charge on any atom is 0.335 e. The molecule has 0 aliphatic rings. The van der Waals surface area contributed by atoms with Crippen LogP contribution in [0.3, 0.4) is 0 Å². The molecule has 0 N–H and O–H groups in total. The second kappa shape index (κ2) is 6.59. The van der Waals surface area contributed by atoms with Crippen LogP contribution in [0, 0.1) is 0 Å². The molecule has 0 saturated carbocycles. The summed E-state index contributed by atoms with van der Waals surface area (Å²) >= 11 is 0. The van der Waals surface area contributed by atoms with E-state index in [0.29, 0.717) is 11.8 Å². The van der Waals surface area contributed by atoms with Crippen molar-refractivity contribution in [3.8, 4) is 5.75 Å². The summed E-state index contributed by atoms with van der Waals surface area (Å²) < 4.78 is 5.05. The Labute approximate surface area is 107 Å². The van der Waals surface area contributed by atoms with E-state index in [1.807, 2.05) is 19.9 Å². The van der Waals surface area contributed by atoms with Crippen molar-refractivity contribution in [2.45, 2.75) is 13.8 Å². The third-order valence-electron chi connectivity index (χ3n) is 2.63. The van der Waals surface area contributed by atoms with E-state index in [0.717, 1.165) is 24.9 Å². The van der Waals surface area contributed by atoms with Gasteiger partial charge in [0.15, 0.2) is 6.29 Å². The second-order valence-corrected chi connectivity index (χ2v) is 3.64. The highest BCUT2D eigenvalue weighted by Crippen LogP contribution is 2.25. The Morgan fingerprint density at radius 3 is 2.56 bits per heavy atom. The summed E-state index contributed by atoms with van der Waals surface area (Å²) in [4.78, 5) is 24.2. The number of rotatable bonds is 6. The molecule has 18 heavy (non-hydrogen) atoms. The molecule has 0 amide bonds. The van der Waals surface area contributed by atoms with Crippen LogP contribution in [0.1, 0.15) is 24.2 Å². The van der Waals surface area contributed by atoms with Crippen molar-refractivity contribution in [2.24, 2.45) is 0 Å². The number of carbonyl (C=O) groups excluding carboxylic acids is 2. The summed E-state index contributed by atoms with van der Waals surface area (Å²) in [6.07, 6.45) is 1.73. The Hall–Kier alpha value is -2.10. The monoisotopic (exact) mass is 247 g/mol. The molecule has 1 rings (SSSR count). The molecular formula is C14H17NO3. The van der Waals surface area contributed by atoms with Gasteiger partial charge in [-0.3, -0.25) is 4.79 Å². The summed E-state index contributed by atoms with van der Waals surface area (Å²) in [5.74, 6) is -0.311. The molecule has 0 atom stereocenters. The van der Waals surface area contributed by atoms with Crippen LogP contribution in [-0.2, 0) is 4.79 Å². The van der Waals surface area contributed by atoms with Crippen LogP contribution in [0.25, 0.3) is 0 Å². The summed E-state index contributed by atoms with van der Waals surface area (Å²) in [7, 11) is 0. The minimum atomic E-state index is -0.574. The van der Waals surface area contributed by atoms with E-state index in [-0.39, 0.29) is 5.75 Å². The van der Waals surface area contributed by atoms with Gasteiger partial charge in [0, 0.05) is 30.9 Å². The van der Waals surface area contributed by atoms with Crippen LogP contribution in [0.4, 0.5) is 5.69 Å². The van der Waals surface area contributed by atoms with Gasteiger partial charge in [0.1, 0.15) is 5.75 Å². The molecule has 1 aromatic carbocycles. The molecule has 0 fully saturated rings. The first kappa shape index (κ1) is 14.0. The van der Waals surface area contributed by atoms with Crippen LogP contribution in [0.2, 0.25) is 0 Å². The predicted octanol–water partition coefficient (Wildman–Crippen LogP) is 2.44. The molecule has 4 nitrogen and oxygen atoms in total. The predicted molar refractivity (Wildman–Crippen MR) is 71.2 cm³/mol. The van der Waals surface area contributed by atoms with Gasteiger partial charge in [-0.1, -0.05) is 6.58 Å². The fourth-order valence-corrected chi connectivity index (χ4v) is 1.64. The molecule has 0 spiro atoms. The molecule has 96 valence electrons. The molecule has 0 unspecified atom stereocenters. The first-order valence-electron chi connectivity index (χ1n) is 5.84. The van der Waals surface area contributed by atoms with Gasteiger partial charge in [-0.15, -0.1) is 0 Å². The zero-order chi connectivity index (χ0) is 13.5. The molecule has 0 aliphatic carbocycles. The van der Waals surface area contributed by atoms with Crippen LogP contribution >= 0.6 is 0 Å². The fraction of sp³-hybridized carbons (Fsp3) is 0.286. The third-order valence-corrected chi connectivity index (χ3v) is 2.63. The minimum absolute atomic E-state index is 0.263. The first-order chi connectivity index (χ1) is 8.65. The van der Waals surface area contributed by atoms with Gasteiger partial charge in [0.05, 0.1) is 5.56 Å². The van der Waals surface area contributed by atoms with Crippen molar-refractivity contribution in [3.63, 3.8) is 0 Å². The number of ether oxygens (including phenoxy) is 1. The number of benzene rings is 1. The van der Waals surface area contributed by atoms with Gasteiger partial charge in [0.2, 0.25) is 0 Å². The van der Waals surface area contributed by atoms with Crippen LogP contribution in [0.5, 0.6) is 5.75 Å². The topological polar surface area (TPSA) is 46.6 Å². The number of hydrogen-bond acceptors (Lipinski definition) is 4. The number of carbonyl (C=O) groups is 2. The van der Waals surface area contributed by atoms with Crippen molar-refractivity contribution in [1.82, 2.24) is 0 Å². The van der Waals surface area contributed by atoms with E-state index in [1.165, 1.54) is 0 Å². The Morgan fingerprint density at radius 2 is 2.06 bits per heavy atom. The summed E-state index contributed by atoms with van der Waals surface area (Å²) in [6.45, 7) is 9.08. The van der Waals surface area contributed by atoms with E-state index in [2.05, 4.69) is 11.5 Å². The van der Waals surface area contributed by atoms with Gasteiger partial charge in [-0.05, 0) is 26.0 Å². The van der Waals surface area contributed by atoms with Crippen LogP contribution < -0.4 is 9.64 Å².